The molecule has 0 radical (unpaired) electrons. The molecule has 0 amide bonds. The third-order valence-corrected chi connectivity index (χ3v) is 5.59. The number of benzene rings is 1. The number of piperazine rings is 1. The molecule has 1 fully saturated rings. The van der Waals surface area contributed by atoms with Gasteiger partial charge < -0.3 is 14.4 Å². The summed E-state index contributed by atoms with van der Waals surface area (Å²) in [7, 11) is 0. The molecule has 11 nitrogen and oxygen atoms in total. The summed E-state index contributed by atoms with van der Waals surface area (Å²) in [5.41, 5.74) is 3.69. The topological polar surface area (TPSA) is 137 Å². The molecule has 0 aliphatic carbocycles. The van der Waals surface area contributed by atoms with E-state index in [-0.39, 0.29) is 6.54 Å². The Balaban J connectivity index is 1.47. The molecule has 2 N–H and O–H groups in total. The smallest absolute Gasteiger partial charge is 0.241 e. The molecule has 1 aliphatic rings. The molecular formula is C20H21N8O3S-. The number of fused-ring (bicyclic) bond motifs is 1. The highest BCUT2D eigenvalue weighted by Gasteiger charge is 2.17. The summed E-state index contributed by atoms with van der Waals surface area (Å²) in [4.78, 5) is 11.4. The molecule has 3 aromatic heterocycles. The molecule has 1 atom stereocenters. The fourth-order valence-corrected chi connectivity index (χ4v) is 3.96. The van der Waals surface area contributed by atoms with Gasteiger partial charge in [-0.05, 0) is 35.9 Å². The number of imidazole rings is 1. The fourth-order valence-electron chi connectivity index (χ4n) is 3.68. The van der Waals surface area contributed by atoms with Crippen LogP contribution >= 0.6 is 0 Å². The van der Waals surface area contributed by atoms with Gasteiger partial charge in [-0.3, -0.25) is 9.11 Å². The standard InChI is InChI=1S/C20H22N8O3S/c29-32(30)23-11-14-8-15(17-12-28-18(24-17)2-1-3-22-28)10-16(9-14)20-25-19(31-26-20)13-27-6-4-21-5-7-27/h1-3,8-10,12,21,23H,4-7,11,13H2,(H,29,30)/p-1. The molecule has 4 heterocycles. The molecule has 4 aromatic rings. The minimum absolute atomic E-state index is 0.133. The Kier molecular flexibility index (Phi) is 6.01. The van der Waals surface area contributed by atoms with Crippen molar-refractivity contribution in [1.29, 1.82) is 0 Å². The second kappa shape index (κ2) is 9.22. The minimum Gasteiger partial charge on any atom is -0.760 e. The van der Waals surface area contributed by atoms with E-state index < -0.39 is 11.3 Å². The van der Waals surface area contributed by atoms with Crippen molar-refractivity contribution in [3.8, 4) is 22.6 Å². The average Bonchev–Trinajstić information content (AvgIpc) is 3.45. The molecule has 32 heavy (non-hydrogen) atoms. The lowest BCUT2D eigenvalue weighted by atomic mass is 10.0. The van der Waals surface area contributed by atoms with Crippen LogP contribution in [0.4, 0.5) is 0 Å². The number of rotatable bonds is 7. The van der Waals surface area contributed by atoms with Crippen LogP contribution in [-0.4, -0.2) is 64.6 Å². The van der Waals surface area contributed by atoms with E-state index in [4.69, 9.17) is 4.52 Å². The molecule has 1 aliphatic heterocycles. The Bertz CT molecular complexity index is 1220. The zero-order chi connectivity index (χ0) is 21.9. The van der Waals surface area contributed by atoms with Crippen molar-refractivity contribution in [2.75, 3.05) is 26.2 Å². The van der Waals surface area contributed by atoms with Crippen LogP contribution in [0.15, 0.2) is 47.2 Å². The van der Waals surface area contributed by atoms with Crippen molar-refractivity contribution in [3.05, 3.63) is 54.2 Å². The molecule has 1 aromatic carbocycles. The highest BCUT2D eigenvalue weighted by molar-refractivity contribution is 7.77. The van der Waals surface area contributed by atoms with Crippen molar-refractivity contribution in [2.45, 2.75) is 13.1 Å². The summed E-state index contributed by atoms with van der Waals surface area (Å²) in [5, 5.41) is 11.7. The van der Waals surface area contributed by atoms with Crippen LogP contribution in [0.25, 0.3) is 28.3 Å². The van der Waals surface area contributed by atoms with Crippen molar-refractivity contribution < 1.29 is 13.3 Å². The third-order valence-electron chi connectivity index (χ3n) is 5.21. The van der Waals surface area contributed by atoms with E-state index in [0.29, 0.717) is 29.6 Å². The summed E-state index contributed by atoms with van der Waals surface area (Å²) >= 11 is -2.37. The van der Waals surface area contributed by atoms with Gasteiger partial charge in [0.25, 0.3) is 0 Å². The lowest BCUT2D eigenvalue weighted by molar-refractivity contribution is 0.203. The van der Waals surface area contributed by atoms with Crippen LogP contribution in [-0.2, 0) is 24.4 Å². The molecule has 0 bridgehead atoms. The Labute approximate surface area is 186 Å². The van der Waals surface area contributed by atoms with Crippen molar-refractivity contribution in [3.63, 3.8) is 0 Å². The highest BCUT2D eigenvalue weighted by Crippen LogP contribution is 2.27. The normalized spacial score (nSPS) is 15.9. The lowest BCUT2D eigenvalue weighted by Crippen LogP contribution is -2.42. The van der Waals surface area contributed by atoms with Gasteiger partial charge >= 0.3 is 0 Å². The zero-order valence-electron chi connectivity index (χ0n) is 17.1. The van der Waals surface area contributed by atoms with Gasteiger partial charge in [-0.25, -0.2) is 14.2 Å². The van der Waals surface area contributed by atoms with Gasteiger partial charge in [0.05, 0.1) is 18.4 Å². The van der Waals surface area contributed by atoms with Crippen molar-refractivity contribution in [1.82, 2.24) is 39.7 Å². The monoisotopic (exact) mass is 453 g/mol. The first-order valence-electron chi connectivity index (χ1n) is 10.2. The summed E-state index contributed by atoms with van der Waals surface area (Å²) in [6.45, 7) is 4.46. The number of nitrogens with one attached hydrogen (secondary N) is 2. The van der Waals surface area contributed by atoms with Gasteiger partial charge in [0.1, 0.15) is 0 Å². The van der Waals surface area contributed by atoms with Gasteiger partial charge in [-0.15, -0.1) is 0 Å². The summed E-state index contributed by atoms with van der Waals surface area (Å²) < 4.78 is 31.6. The maximum atomic E-state index is 11.0. The Morgan fingerprint density at radius 3 is 2.84 bits per heavy atom. The summed E-state index contributed by atoms with van der Waals surface area (Å²) in [5.74, 6) is 0.993. The van der Waals surface area contributed by atoms with E-state index in [1.54, 1.807) is 10.7 Å². The second-order valence-electron chi connectivity index (χ2n) is 7.46. The number of hydrogen-bond donors (Lipinski definition) is 2. The number of aromatic nitrogens is 5. The Morgan fingerprint density at radius 1 is 1.19 bits per heavy atom. The Hall–Kier alpha value is -3.03. The van der Waals surface area contributed by atoms with Gasteiger partial charge in [0, 0.05) is 61.3 Å². The SMILES string of the molecule is O=S([O-])NCc1cc(-c2cn3ncccc3n2)cc(-c2noc(CN3CCNCC3)n2)c1. The first kappa shape index (κ1) is 20.8. The van der Waals surface area contributed by atoms with Crippen LogP contribution in [0.2, 0.25) is 0 Å². The summed E-state index contributed by atoms with van der Waals surface area (Å²) in [6, 6.07) is 9.33. The zero-order valence-corrected chi connectivity index (χ0v) is 17.9. The van der Waals surface area contributed by atoms with E-state index in [1.165, 1.54) is 0 Å². The van der Waals surface area contributed by atoms with Gasteiger partial charge in [-0.1, -0.05) is 5.16 Å². The quantitative estimate of drug-likeness (QED) is 0.388. The molecule has 1 unspecified atom stereocenters. The maximum absolute atomic E-state index is 11.0. The van der Waals surface area contributed by atoms with Crippen LogP contribution in [0.3, 0.4) is 0 Å². The van der Waals surface area contributed by atoms with Crippen molar-refractivity contribution in [2.24, 2.45) is 0 Å². The molecule has 0 spiro atoms. The van der Waals surface area contributed by atoms with Gasteiger partial charge in [-0.2, -0.15) is 10.1 Å². The predicted octanol–water partition coefficient (Wildman–Crippen LogP) is 0.735. The molecular weight excluding hydrogens is 432 g/mol. The molecule has 5 rings (SSSR count). The largest absolute Gasteiger partial charge is 0.760 e. The van der Waals surface area contributed by atoms with Crippen LogP contribution < -0.4 is 10.0 Å². The molecule has 0 saturated carbocycles. The highest BCUT2D eigenvalue weighted by atomic mass is 32.2. The van der Waals surface area contributed by atoms with Gasteiger partial charge in [0.15, 0.2) is 5.65 Å². The lowest BCUT2D eigenvalue weighted by Gasteiger charge is -2.25. The van der Waals surface area contributed by atoms with Crippen molar-refractivity contribution >= 4 is 16.9 Å². The first-order valence-corrected chi connectivity index (χ1v) is 11.2. The first-order chi connectivity index (χ1) is 15.6. The minimum atomic E-state index is -2.37. The second-order valence-corrected chi connectivity index (χ2v) is 8.22. The maximum Gasteiger partial charge on any atom is 0.241 e. The van der Waals surface area contributed by atoms with Crippen LogP contribution in [0.1, 0.15) is 11.5 Å². The van der Waals surface area contributed by atoms with Crippen LogP contribution in [0, 0.1) is 0 Å². The van der Waals surface area contributed by atoms with E-state index in [0.717, 1.165) is 42.9 Å². The third kappa shape index (κ3) is 4.74. The molecule has 12 heteroatoms. The Morgan fingerprint density at radius 2 is 2.03 bits per heavy atom. The predicted molar refractivity (Wildman–Crippen MR) is 116 cm³/mol. The van der Waals surface area contributed by atoms with Crippen LogP contribution in [0.5, 0.6) is 0 Å². The van der Waals surface area contributed by atoms with E-state index in [2.05, 4.69) is 35.2 Å². The van der Waals surface area contributed by atoms with E-state index in [9.17, 15) is 8.76 Å². The van der Waals surface area contributed by atoms with Gasteiger partial charge in [0.2, 0.25) is 11.7 Å². The number of nitrogens with zero attached hydrogens (tertiary/aromatic N) is 6. The fraction of sp³-hybridized carbons (Fsp3) is 0.300. The molecule has 166 valence electrons. The number of hydrogen-bond acceptors (Lipinski definition) is 9. The average molecular weight is 454 g/mol. The molecule has 1 saturated heterocycles. The van der Waals surface area contributed by atoms with E-state index >= 15 is 0 Å². The van der Waals surface area contributed by atoms with E-state index in [1.807, 2.05) is 36.5 Å². The summed E-state index contributed by atoms with van der Waals surface area (Å²) in [6.07, 6.45) is 3.51.